The van der Waals surface area contributed by atoms with Crippen LogP contribution in [0.4, 0.5) is 10.1 Å². The second kappa shape index (κ2) is 4.11. The van der Waals surface area contributed by atoms with Gasteiger partial charge in [-0.3, -0.25) is 19.3 Å². The molecule has 0 aliphatic carbocycles. The third-order valence-corrected chi connectivity index (χ3v) is 3.72. The molecule has 1 saturated heterocycles. The molecule has 2 heterocycles. The lowest BCUT2D eigenvalue weighted by Gasteiger charge is -2.48. The van der Waals surface area contributed by atoms with Gasteiger partial charge in [0.2, 0.25) is 0 Å². The van der Waals surface area contributed by atoms with E-state index in [2.05, 4.69) is 5.32 Å². The van der Waals surface area contributed by atoms with Crippen LogP contribution < -0.4 is 10.2 Å². The number of amides is 1. The number of hydrogen-bond acceptors (Lipinski definition) is 4. The van der Waals surface area contributed by atoms with E-state index >= 15 is 0 Å². The first-order valence-electron chi connectivity index (χ1n) is 6.06. The molecule has 104 valence electrons. The Labute approximate surface area is 113 Å². The highest BCUT2D eigenvalue weighted by atomic mass is 19.1. The number of hydrogen-bond donors (Lipinski definition) is 2. The molecule has 2 N–H and O–H groups in total. The van der Waals surface area contributed by atoms with Crippen molar-refractivity contribution >= 4 is 23.3 Å². The summed E-state index contributed by atoms with van der Waals surface area (Å²) in [6.07, 6.45) is -0.340. The average Bonchev–Trinajstić information content (AvgIpc) is 2.60. The van der Waals surface area contributed by atoms with Crippen LogP contribution in [0.3, 0.4) is 0 Å². The minimum absolute atomic E-state index is 0.00772. The number of carboxylic acid groups (broad SMARTS) is 1. The van der Waals surface area contributed by atoms with Gasteiger partial charge in [0.1, 0.15) is 5.82 Å². The molecule has 2 aliphatic rings. The van der Waals surface area contributed by atoms with Crippen molar-refractivity contribution in [3.8, 4) is 0 Å². The summed E-state index contributed by atoms with van der Waals surface area (Å²) in [4.78, 5) is 36.1. The number of halogens is 1. The molecule has 0 unspecified atom stereocenters. The third kappa shape index (κ3) is 1.56. The van der Waals surface area contributed by atoms with Crippen LogP contribution in [0.25, 0.3) is 0 Å². The van der Waals surface area contributed by atoms with Gasteiger partial charge in [-0.2, -0.15) is 0 Å². The van der Waals surface area contributed by atoms with E-state index < -0.39 is 29.0 Å². The summed E-state index contributed by atoms with van der Waals surface area (Å²) in [5.74, 6) is -3.46. The largest absolute Gasteiger partial charge is 0.481 e. The van der Waals surface area contributed by atoms with Crippen LogP contribution in [-0.2, 0) is 9.59 Å². The fraction of sp³-hybridized carbons (Fsp3) is 0.308. The molecule has 7 heteroatoms. The number of rotatable bonds is 3. The molecule has 0 spiro atoms. The number of benzene rings is 1. The van der Waals surface area contributed by atoms with E-state index in [-0.39, 0.29) is 30.8 Å². The highest BCUT2D eigenvalue weighted by Crippen LogP contribution is 2.39. The van der Waals surface area contributed by atoms with Crippen LogP contribution in [-0.4, -0.2) is 41.4 Å². The Morgan fingerprint density at radius 3 is 2.65 bits per heavy atom. The Hall–Kier alpha value is -2.28. The molecular weight excluding hydrogens is 267 g/mol. The van der Waals surface area contributed by atoms with Crippen LogP contribution in [0.2, 0.25) is 0 Å². The minimum atomic E-state index is -1.10. The van der Waals surface area contributed by atoms with Crippen molar-refractivity contribution in [3.05, 3.63) is 29.6 Å². The highest BCUT2D eigenvalue weighted by Gasteiger charge is 2.53. The van der Waals surface area contributed by atoms with Crippen molar-refractivity contribution in [2.45, 2.75) is 12.0 Å². The smallest absolute Gasteiger partial charge is 0.305 e. The van der Waals surface area contributed by atoms with Gasteiger partial charge in [0.25, 0.3) is 11.7 Å². The minimum Gasteiger partial charge on any atom is -0.481 e. The summed E-state index contributed by atoms with van der Waals surface area (Å²) < 4.78 is 14.0. The molecule has 0 bridgehead atoms. The van der Waals surface area contributed by atoms with Crippen LogP contribution in [0, 0.1) is 5.82 Å². The first-order chi connectivity index (χ1) is 9.46. The standard InChI is InChI=1S/C13H11FN2O4/c14-8-3-1-2-7-10(8)16(12(20)11(7)19)13(4-9(17)18)5-15-6-13/h1-3,15H,4-6H2,(H,17,18). The number of nitrogens with zero attached hydrogens (tertiary/aromatic N) is 1. The second-order valence-corrected chi connectivity index (χ2v) is 5.00. The second-order valence-electron chi connectivity index (χ2n) is 5.00. The van der Waals surface area contributed by atoms with Gasteiger partial charge in [0.05, 0.1) is 23.2 Å². The molecule has 3 rings (SSSR count). The average molecular weight is 278 g/mol. The SMILES string of the molecule is O=C(O)CC1(N2C(=O)C(=O)c3cccc(F)c32)CNC1. The fourth-order valence-electron chi connectivity index (χ4n) is 2.75. The number of aliphatic carboxylic acids is 1. The first-order valence-corrected chi connectivity index (χ1v) is 6.06. The predicted molar refractivity (Wildman–Crippen MR) is 66.1 cm³/mol. The van der Waals surface area contributed by atoms with Gasteiger partial charge < -0.3 is 10.4 Å². The lowest BCUT2D eigenvalue weighted by molar-refractivity contribution is -0.139. The maximum atomic E-state index is 14.0. The van der Waals surface area contributed by atoms with Crippen molar-refractivity contribution in [2.24, 2.45) is 0 Å². The molecule has 1 aromatic rings. The molecular formula is C13H11FN2O4. The van der Waals surface area contributed by atoms with Crippen LogP contribution in [0.1, 0.15) is 16.8 Å². The summed E-state index contributed by atoms with van der Waals surface area (Å²) >= 11 is 0. The van der Waals surface area contributed by atoms with Crippen LogP contribution >= 0.6 is 0 Å². The Morgan fingerprint density at radius 1 is 1.40 bits per heavy atom. The van der Waals surface area contributed by atoms with E-state index in [0.717, 1.165) is 11.0 Å². The molecule has 0 aromatic heterocycles. The van der Waals surface area contributed by atoms with Gasteiger partial charge in [-0.15, -0.1) is 0 Å². The fourth-order valence-corrected chi connectivity index (χ4v) is 2.75. The molecule has 2 aliphatic heterocycles. The number of anilines is 1. The first kappa shape index (κ1) is 12.7. The van der Waals surface area contributed by atoms with Gasteiger partial charge in [-0.05, 0) is 12.1 Å². The summed E-state index contributed by atoms with van der Waals surface area (Å²) in [7, 11) is 0. The van der Waals surface area contributed by atoms with Crippen molar-refractivity contribution in [2.75, 3.05) is 18.0 Å². The van der Waals surface area contributed by atoms with Crippen molar-refractivity contribution in [1.29, 1.82) is 0 Å². The van der Waals surface area contributed by atoms with Gasteiger partial charge in [0, 0.05) is 13.1 Å². The van der Waals surface area contributed by atoms with Crippen molar-refractivity contribution in [3.63, 3.8) is 0 Å². The van der Waals surface area contributed by atoms with E-state index in [1.165, 1.54) is 12.1 Å². The zero-order valence-electron chi connectivity index (χ0n) is 10.4. The Morgan fingerprint density at radius 2 is 2.10 bits per heavy atom. The number of nitrogens with one attached hydrogen (secondary N) is 1. The number of carboxylic acids is 1. The topological polar surface area (TPSA) is 86.7 Å². The van der Waals surface area contributed by atoms with Crippen molar-refractivity contribution in [1.82, 2.24) is 5.32 Å². The van der Waals surface area contributed by atoms with Crippen LogP contribution in [0.15, 0.2) is 18.2 Å². The maximum absolute atomic E-state index is 14.0. The van der Waals surface area contributed by atoms with E-state index in [9.17, 15) is 18.8 Å². The van der Waals surface area contributed by atoms with Crippen molar-refractivity contribution < 1.29 is 23.9 Å². The third-order valence-electron chi connectivity index (χ3n) is 3.72. The molecule has 0 radical (unpaired) electrons. The number of ketones is 1. The molecule has 0 saturated carbocycles. The molecule has 1 fully saturated rings. The highest BCUT2D eigenvalue weighted by molar-refractivity contribution is 6.52. The molecule has 1 aromatic carbocycles. The quantitative estimate of drug-likeness (QED) is 0.770. The van der Waals surface area contributed by atoms with Gasteiger partial charge in [0.15, 0.2) is 0 Å². The molecule has 0 atom stereocenters. The Balaban J connectivity index is 2.13. The molecule has 20 heavy (non-hydrogen) atoms. The number of fused-ring (bicyclic) bond motifs is 1. The zero-order chi connectivity index (χ0) is 14.5. The summed E-state index contributed by atoms with van der Waals surface area (Å²) in [5.41, 5.74) is -1.19. The summed E-state index contributed by atoms with van der Waals surface area (Å²) in [5, 5.41) is 11.9. The monoisotopic (exact) mass is 278 g/mol. The number of carbonyl (C=O) groups excluding carboxylic acids is 2. The van der Waals surface area contributed by atoms with E-state index in [0.29, 0.717) is 0 Å². The molecule has 1 amide bonds. The normalized spacial score (nSPS) is 19.8. The zero-order valence-corrected chi connectivity index (χ0v) is 10.4. The van der Waals surface area contributed by atoms with Gasteiger partial charge in [-0.25, -0.2) is 4.39 Å². The number of Topliss-reactive ketones (excluding diaryl/α,β-unsaturated/α-hetero) is 1. The van der Waals surface area contributed by atoms with E-state index in [1.54, 1.807) is 0 Å². The summed E-state index contributed by atoms with van der Waals surface area (Å²) in [6.45, 7) is 0.429. The van der Waals surface area contributed by atoms with E-state index in [4.69, 9.17) is 5.11 Å². The number of para-hydroxylation sites is 1. The molecule has 6 nitrogen and oxygen atoms in total. The van der Waals surface area contributed by atoms with Crippen LogP contribution in [0.5, 0.6) is 0 Å². The number of carbonyl (C=O) groups is 3. The van der Waals surface area contributed by atoms with Gasteiger partial charge in [-0.1, -0.05) is 6.07 Å². The van der Waals surface area contributed by atoms with E-state index in [1.807, 2.05) is 0 Å². The lowest BCUT2D eigenvalue weighted by Crippen LogP contribution is -2.71. The maximum Gasteiger partial charge on any atom is 0.305 e. The predicted octanol–water partition coefficient (Wildman–Crippen LogP) is 0.172. The van der Waals surface area contributed by atoms with Gasteiger partial charge >= 0.3 is 5.97 Å². The Bertz CT molecular complexity index is 639. The summed E-state index contributed by atoms with van der Waals surface area (Å²) in [6, 6.07) is 3.88. The lowest BCUT2D eigenvalue weighted by atomic mass is 9.86. The Kier molecular flexibility index (Phi) is 2.62.